The number of nitrogens with one attached hydrogen (secondary N) is 2. The van der Waals surface area contributed by atoms with E-state index < -0.39 is 0 Å². The molecule has 0 saturated carbocycles. The van der Waals surface area contributed by atoms with E-state index in [1.54, 1.807) is 33.3 Å². The molecule has 0 heterocycles. The van der Waals surface area contributed by atoms with Crippen LogP contribution in [0.5, 0.6) is 11.5 Å². The van der Waals surface area contributed by atoms with E-state index in [0.717, 1.165) is 5.69 Å². The molecular formula is C15H24N2O3. The molecule has 0 aliphatic heterocycles. The first kappa shape index (κ1) is 16.1. The molecule has 5 nitrogen and oxygen atoms in total. The standard InChI is InChI=1S/C15H24N2O3/c1-10(14(18)17-15(2,3)4)16-12-9-11(19-5)7-8-13(12)20-6/h7-10,16H,1-6H3,(H,17,18). The fraction of sp³-hybridized carbons (Fsp3) is 0.533. The van der Waals surface area contributed by atoms with E-state index >= 15 is 0 Å². The summed E-state index contributed by atoms with van der Waals surface area (Å²) >= 11 is 0. The van der Waals surface area contributed by atoms with Crippen molar-refractivity contribution in [2.75, 3.05) is 19.5 Å². The summed E-state index contributed by atoms with van der Waals surface area (Å²) in [7, 11) is 3.19. The van der Waals surface area contributed by atoms with Crippen molar-refractivity contribution < 1.29 is 14.3 Å². The number of anilines is 1. The zero-order valence-corrected chi connectivity index (χ0v) is 13.0. The van der Waals surface area contributed by atoms with Gasteiger partial charge in [-0.05, 0) is 39.8 Å². The summed E-state index contributed by atoms with van der Waals surface area (Å²) in [4.78, 5) is 12.1. The van der Waals surface area contributed by atoms with Gasteiger partial charge in [0.2, 0.25) is 5.91 Å². The van der Waals surface area contributed by atoms with E-state index in [0.29, 0.717) is 11.5 Å². The molecular weight excluding hydrogens is 256 g/mol. The van der Waals surface area contributed by atoms with Crippen LogP contribution in [-0.4, -0.2) is 31.7 Å². The van der Waals surface area contributed by atoms with Gasteiger partial charge in [-0.15, -0.1) is 0 Å². The Bertz CT molecular complexity index is 467. The van der Waals surface area contributed by atoms with Crippen molar-refractivity contribution in [1.82, 2.24) is 5.32 Å². The lowest BCUT2D eigenvalue weighted by molar-refractivity contribution is -0.122. The zero-order valence-electron chi connectivity index (χ0n) is 13.0. The van der Waals surface area contributed by atoms with Crippen LogP contribution in [-0.2, 0) is 4.79 Å². The number of amides is 1. The van der Waals surface area contributed by atoms with Crippen molar-refractivity contribution in [2.24, 2.45) is 0 Å². The van der Waals surface area contributed by atoms with Crippen LogP contribution >= 0.6 is 0 Å². The minimum atomic E-state index is -0.379. The third-order valence-corrected chi connectivity index (χ3v) is 2.67. The second-order valence-electron chi connectivity index (χ2n) is 5.67. The maximum atomic E-state index is 12.1. The van der Waals surface area contributed by atoms with Gasteiger partial charge in [0.05, 0.1) is 19.9 Å². The zero-order chi connectivity index (χ0) is 15.3. The molecule has 1 amide bonds. The van der Waals surface area contributed by atoms with Gasteiger partial charge in [0.1, 0.15) is 17.5 Å². The normalized spacial score (nSPS) is 12.5. The van der Waals surface area contributed by atoms with E-state index in [9.17, 15) is 4.79 Å². The summed E-state index contributed by atoms with van der Waals surface area (Å²) < 4.78 is 10.5. The molecule has 0 fully saturated rings. The topological polar surface area (TPSA) is 59.6 Å². The minimum Gasteiger partial charge on any atom is -0.497 e. The van der Waals surface area contributed by atoms with Gasteiger partial charge in [0.15, 0.2) is 0 Å². The van der Waals surface area contributed by atoms with Gasteiger partial charge in [0, 0.05) is 11.6 Å². The molecule has 0 aliphatic rings. The predicted molar refractivity (Wildman–Crippen MR) is 80.5 cm³/mol. The van der Waals surface area contributed by atoms with Crippen molar-refractivity contribution in [3.63, 3.8) is 0 Å². The first-order valence-corrected chi connectivity index (χ1v) is 6.57. The Morgan fingerprint density at radius 1 is 1.20 bits per heavy atom. The van der Waals surface area contributed by atoms with Crippen molar-refractivity contribution in [3.05, 3.63) is 18.2 Å². The summed E-state index contributed by atoms with van der Waals surface area (Å²) in [5.41, 5.74) is 0.467. The van der Waals surface area contributed by atoms with Crippen LogP contribution in [0, 0.1) is 0 Å². The molecule has 0 aliphatic carbocycles. The number of carbonyl (C=O) groups excluding carboxylic acids is 1. The third-order valence-electron chi connectivity index (χ3n) is 2.67. The van der Waals surface area contributed by atoms with Gasteiger partial charge in [-0.1, -0.05) is 0 Å². The summed E-state index contributed by atoms with van der Waals surface area (Å²) in [5.74, 6) is 1.31. The van der Waals surface area contributed by atoms with Gasteiger partial charge in [-0.25, -0.2) is 0 Å². The van der Waals surface area contributed by atoms with Crippen molar-refractivity contribution in [1.29, 1.82) is 0 Å². The Morgan fingerprint density at radius 2 is 1.85 bits per heavy atom. The fourth-order valence-corrected chi connectivity index (χ4v) is 1.70. The average Bonchev–Trinajstić information content (AvgIpc) is 2.36. The summed E-state index contributed by atoms with van der Waals surface area (Å²) in [6.45, 7) is 7.65. The lowest BCUT2D eigenvalue weighted by Gasteiger charge is -2.24. The molecule has 0 bridgehead atoms. The van der Waals surface area contributed by atoms with E-state index in [1.165, 1.54) is 0 Å². The number of hydrogen-bond donors (Lipinski definition) is 2. The number of ether oxygens (including phenoxy) is 2. The highest BCUT2D eigenvalue weighted by molar-refractivity contribution is 5.85. The average molecular weight is 280 g/mol. The van der Waals surface area contributed by atoms with Crippen LogP contribution in [0.2, 0.25) is 0 Å². The molecule has 1 atom stereocenters. The molecule has 112 valence electrons. The minimum absolute atomic E-state index is 0.0672. The van der Waals surface area contributed by atoms with Gasteiger partial charge in [-0.3, -0.25) is 4.79 Å². The predicted octanol–water partition coefficient (Wildman–Crippen LogP) is 2.42. The number of benzene rings is 1. The Kier molecular flexibility index (Phi) is 5.25. The third kappa shape index (κ3) is 4.64. The SMILES string of the molecule is COc1ccc(OC)c(NC(C)C(=O)NC(C)(C)C)c1. The Hall–Kier alpha value is -1.91. The van der Waals surface area contributed by atoms with Crippen molar-refractivity contribution in [2.45, 2.75) is 39.3 Å². The van der Waals surface area contributed by atoms with E-state index in [4.69, 9.17) is 9.47 Å². The van der Waals surface area contributed by atoms with Gasteiger partial charge in [-0.2, -0.15) is 0 Å². The molecule has 1 unspecified atom stereocenters. The first-order valence-electron chi connectivity index (χ1n) is 6.57. The summed E-state index contributed by atoms with van der Waals surface area (Å²) in [6, 6.07) is 5.04. The molecule has 1 rings (SSSR count). The number of hydrogen-bond acceptors (Lipinski definition) is 4. The monoisotopic (exact) mass is 280 g/mol. The Labute approximate surface area is 120 Å². The van der Waals surface area contributed by atoms with Crippen LogP contribution in [0.4, 0.5) is 5.69 Å². The van der Waals surface area contributed by atoms with Crippen LogP contribution in [0.15, 0.2) is 18.2 Å². The lowest BCUT2D eigenvalue weighted by atomic mass is 10.1. The second-order valence-corrected chi connectivity index (χ2v) is 5.67. The quantitative estimate of drug-likeness (QED) is 0.869. The summed E-state index contributed by atoms with van der Waals surface area (Å²) in [6.07, 6.45) is 0. The molecule has 0 aromatic heterocycles. The molecule has 1 aromatic carbocycles. The number of carbonyl (C=O) groups is 1. The lowest BCUT2D eigenvalue weighted by Crippen LogP contribution is -2.47. The van der Waals surface area contributed by atoms with Gasteiger partial charge in [0.25, 0.3) is 0 Å². The van der Waals surface area contributed by atoms with E-state index in [2.05, 4.69) is 10.6 Å². The van der Waals surface area contributed by atoms with E-state index in [1.807, 2.05) is 26.8 Å². The highest BCUT2D eigenvalue weighted by Crippen LogP contribution is 2.29. The van der Waals surface area contributed by atoms with Crippen LogP contribution in [0.1, 0.15) is 27.7 Å². The van der Waals surface area contributed by atoms with E-state index in [-0.39, 0.29) is 17.5 Å². The Morgan fingerprint density at radius 3 is 2.35 bits per heavy atom. The second kappa shape index (κ2) is 6.50. The van der Waals surface area contributed by atoms with Gasteiger partial charge < -0.3 is 20.1 Å². The van der Waals surface area contributed by atoms with Crippen LogP contribution in [0.25, 0.3) is 0 Å². The fourth-order valence-electron chi connectivity index (χ4n) is 1.70. The Balaban J connectivity index is 2.83. The highest BCUT2D eigenvalue weighted by Gasteiger charge is 2.20. The first-order chi connectivity index (χ1) is 9.26. The largest absolute Gasteiger partial charge is 0.497 e. The maximum Gasteiger partial charge on any atom is 0.242 e. The summed E-state index contributed by atoms with van der Waals surface area (Å²) in [5, 5.41) is 6.07. The highest BCUT2D eigenvalue weighted by atomic mass is 16.5. The molecule has 0 spiro atoms. The smallest absolute Gasteiger partial charge is 0.242 e. The molecule has 0 radical (unpaired) electrons. The molecule has 1 aromatic rings. The molecule has 5 heteroatoms. The number of methoxy groups -OCH3 is 2. The molecule has 0 saturated heterocycles. The molecule has 20 heavy (non-hydrogen) atoms. The van der Waals surface area contributed by atoms with Crippen molar-refractivity contribution >= 4 is 11.6 Å². The van der Waals surface area contributed by atoms with Crippen molar-refractivity contribution in [3.8, 4) is 11.5 Å². The van der Waals surface area contributed by atoms with Gasteiger partial charge >= 0.3 is 0 Å². The van der Waals surface area contributed by atoms with Crippen LogP contribution in [0.3, 0.4) is 0 Å². The van der Waals surface area contributed by atoms with Crippen LogP contribution < -0.4 is 20.1 Å². The number of rotatable bonds is 5. The maximum absolute atomic E-state index is 12.1. The molecule has 2 N–H and O–H groups in total.